The molecule has 0 saturated heterocycles. The van der Waals surface area contributed by atoms with E-state index in [1.54, 1.807) is 47.3 Å². The van der Waals surface area contributed by atoms with Crippen LogP contribution in [0, 0.1) is 0 Å². The van der Waals surface area contributed by atoms with Gasteiger partial charge >= 0.3 is 6.03 Å². The molecule has 1 aromatic heterocycles. The normalized spacial score (nSPS) is 10.5. The highest BCUT2D eigenvalue weighted by atomic mass is 35.5. The van der Waals surface area contributed by atoms with E-state index in [2.05, 4.69) is 5.10 Å². The van der Waals surface area contributed by atoms with E-state index in [4.69, 9.17) is 39.6 Å². The molecule has 0 fully saturated rings. The van der Waals surface area contributed by atoms with Crippen molar-refractivity contribution in [3.63, 3.8) is 0 Å². The van der Waals surface area contributed by atoms with E-state index >= 15 is 0 Å². The molecule has 3 aromatic rings. The molecular weight excluding hydrogens is 391 g/mol. The van der Waals surface area contributed by atoms with Gasteiger partial charge in [-0.3, -0.25) is 5.43 Å². The van der Waals surface area contributed by atoms with E-state index in [0.717, 1.165) is 10.7 Å². The summed E-state index contributed by atoms with van der Waals surface area (Å²) < 4.78 is 7.36. The molecule has 0 aliphatic carbocycles. The third kappa shape index (κ3) is 4.32. The number of halogens is 2. The zero-order chi connectivity index (χ0) is 19.4. The summed E-state index contributed by atoms with van der Waals surface area (Å²) in [7, 11) is 0. The quantitative estimate of drug-likeness (QED) is 0.342. The van der Waals surface area contributed by atoms with Crippen LogP contribution in [0.15, 0.2) is 54.7 Å². The average molecular weight is 407 g/mol. The minimum absolute atomic E-state index is 0.0538. The molecule has 3 rings (SSSR count). The Morgan fingerprint density at radius 1 is 1.19 bits per heavy atom. The lowest BCUT2D eigenvalue weighted by atomic mass is 10.2. The van der Waals surface area contributed by atoms with Gasteiger partial charge in [0, 0.05) is 27.9 Å². The Labute approximate surface area is 165 Å². The molecule has 140 valence electrons. The number of benzene rings is 2. The number of anilines is 1. The smallest absolute Gasteiger partial charge is 0.350 e. The molecule has 0 radical (unpaired) electrons. The minimum Gasteiger partial charge on any atom is -0.472 e. The van der Waals surface area contributed by atoms with Gasteiger partial charge in [0.2, 0.25) is 5.88 Å². The Balaban J connectivity index is 1.77. The monoisotopic (exact) mass is 406 g/mol. The summed E-state index contributed by atoms with van der Waals surface area (Å²) in [6.45, 7) is 0.0538. The number of hydrogen-bond acceptors (Lipinski definition) is 5. The Morgan fingerprint density at radius 2 is 1.93 bits per heavy atom. The van der Waals surface area contributed by atoms with Crippen molar-refractivity contribution in [2.24, 2.45) is 11.7 Å². The molecule has 0 aliphatic heterocycles. The lowest BCUT2D eigenvalue weighted by Gasteiger charge is -2.20. The maximum atomic E-state index is 11.7. The fourth-order valence-corrected chi connectivity index (χ4v) is 2.71. The number of ether oxygens (including phenoxy) is 1. The summed E-state index contributed by atoms with van der Waals surface area (Å²) in [5, 5.41) is 6.24. The predicted octanol–water partition coefficient (Wildman–Crippen LogP) is 3.02. The number of carbonyl (C=O) groups excluding carboxylic acids is 1. The molecule has 2 amide bonds. The number of hydrogen-bond donors (Lipinski definition) is 3. The Kier molecular flexibility index (Phi) is 5.82. The van der Waals surface area contributed by atoms with E-state index in [-0.39, 0.29) is 6.61 Å². The number of rotatable bonds is 5. The van der Waals surface area contributed by atoms with Crippen molar-refractivity contribution in [1.29, 1.82) is 0 Å². The highest BCUT2D eigenvalue weighted by molar-refractivity contribution is 6.31. The number of nitrogens with two attached hydrogens (primary N) is 2. The highest BCUT2D eigenvalue weighted by Gasteiger charge is 2.17. The summed E-state index contributed by atoms with van der Waals surface area (Å²) in [5.41, 5.74) is 3.68. The van der Waals surface area contributed by atoms with Gasteiger partial charge in [0.1, 0.15) is 6.61 Å². The largest absolute Gasteiger partial charge is 0.472 e. The molecule has 8 nitrogen and oxygen atoms in total. The van der Waals surface area contributed by atoms with Crippen LogP contribution in [-0.2, 0) is 6.61 Å². The SMILES string of the molecule is NNC(=O)N(N)c1cccc(Cl)c1COc1ccn(-c2ccc(Cl)cc2)n1. The molecule has 10 heteroatoms. The summed E-state index contributed by atoms with van der Waals surface area (Å²) in [4.78, 5) is 11.7. The lowest BCUT2D eigenvalue weighted by Crippen LogP contribution is -2.48. The number of carbonyl (C=O) groups is 1. The number of urea groups is 1. The van der Waals surface area contributed by atoms with Gasteiger partial charge in [0.05, 0.1) is 11.4 Å². The van der Waals surface area contributed by atoms with Gasteiger partial charge in [0.15, 0.2) is 0 Å². The van der Waals surface area contributed by atoms with Crippen LogP contribution in [0.25, 0.3) is 5.69 Å². The molecule has 1 heterocycles. The Morgan fingerprint density at radius 3 is 2.63 bits per heavy atom. The van der Waals surface area contributed by atoms with Crippen molar-refractivity contribution in [2.75, 3.05) is 5.01 Å². The molecule has 0 spiro atoms. The number of amides is 2. The van der Waals surface area contributed by atoms with Crippen molar-refractivity contribution in [3.8, 4) is 11.6 Å². The van der Waals surface area contributed by atoms with Crippen molar-refractivity contribution >= 4 is 34.9 Å². The van der Waals surface area contributed by atoms with Crippen LogP contribution < -0.4 is 26.9 Å². The Bertz CT molecular complexity index is 945. The van der Waals surface area contributed by atoms with Crippen LogP contribution in [-0.4, -0.2) is 15.8 Å². The van der Waals surface area contributed by atoms with Crippen molar-refractivity contribution in [3.05, 3.63) is 70.3 Å². The van der Waals surface area contributed by atoms with Gasteiger partial charge in [0.25, 0.3) is 0 Å². The van der Waals surface area contributed by atoms with Crippen molar-refractivity contribution in [1.82, 2.24) is 15.2 Å². The van der Waals surface area contributed by atoms with Crippen LogP contribution in [0.1, 0.15) is 5.56 Å². The number of aromatic nitrogens is 2. The van der Waals surface area contributed by atoms with Crippen LogP contribution >= 0.6 is 23.2 Å². The zero-order valence-corrected chi connectivity index (χ0v) is 15.5. The predicted molar refractivity (Wildman–Crippen MR) is 104 cm³/mol. The second-order valence-electron chi connectivity index (χ2n) is 5.42. The maximum Gasteiger partial charge on any atom is 0.350 e. The summed E-state index contributed by atoms with van der Waals surface area (Å²) in [5.74, 6) is 11.3. The standard InChI is InChI=1S/C17H16Cl2N6O2/c18-11-4-6-12(7-5-11)24-9-8-16(23-24)27-10-13-14(19)2-1-3-15(13)25(21)17(26)22-20/h1-9H,10,20-21H2,(H,22,26). The minimum atomic E-state index is -0.689. The summed E-state index contributed by atoms with van der Waals surface area (Å²) in [6, 6.07) is 13.2. The highest BCUT2D eigenvalue weighted by Crippen LogP contribution is 2.27. The fraction of sp³-hybridized carbons (Fsp3) is 0.0588. The van der Waals surface area contributed by atoms with Gasteiger partial charge in [-0.25, -0.2) is 26.2 Å². The van der Waals surface area contributed by atoms with Gasteiger partial charge in [-0.2, -0.15) is 0 Å². The summed E-state index contributed by atoms with van der Waals surface area (Å²) >= 11 is 12.1. The first-order valence-corrected chi connectivity index (χ1v) is 8.52. The molecule has 0 unspecified atom stereocenters. The van der Waals surface area contributed by atoms with Crippen molar-refractivity contribution in [2.45, 2.75) is 6.61 Å². The third-order valence-corrected chi connectivity index (χ3v) is 4.32. The van der Waals surface area contributed by atoms with Gasteiger partial charge in [-0.1, -0.05) is 29.3 Å². The fourth-order valence-electron chi connectivity index (χ4n) is 2.36. The van der Waals surface area contributed by atoms with E-state index in [1.165, 1.54) is 0 Å². The molecular formula is C17H16Cl2N6O2. The molecule has 27 heavy (non-hydrogen) atoms. The second-order valence-corrected chi connectivity index (χ2v) is 6.26. The molecule has 2 aromatic carbocycles. The Hall–Kier alpha value is -2.78. The van der Waals surface area contributed by atoms with Gasteiger partial charge in [-0.15, -0.1) is 5.10 Å². The summed E-state index contributed by atoms with van der Waals surface area (Å²) in [6.07, 6.45) is 1.75. The first kappa shape index (κ1) is 19.0. The van der Waals surface area contributed by atoms with Crippen LogP contribution in [0.3, 0.4) is 0 Å². The van der Waals surface area contributed by atoms with E-state index in [1.807, 2.05) is 17.6 Å². The number of nitrogens with one attached hydrogen (secondary N) is 1. The van der Waals surface area contributed by atoms with Crippen LogP contribution in [0.2, 0.25) is 10.0 Å². The van der Waals surface area contributed by atoms with Crippen molar-refractivity contribution < 1.29 is 9.53 Å². The lowest BCUT2D eigenvalue weighted by molar-refractivity contribution is 0.246. The van der Waals surface area contributed by atoms with Gasteiger partial charge < -0.3 is 4.74 Å². The van der Waals surface area contributed by atoms with Crippen LogP contribution in [0.4, 0.5) is 10.5 Å². The first-order valence-electron chi connectivity index (χ1n) is 7.77. The second kappa shape index (κ2) is 8.28. The molecule has 0 saturated carbocycles. The third-order valence-electron chi connectivity index (χ3n) is 3.72. The number of nitrogens with zero attached hydrogens (tertiary/aromatic N) is 3. The molecule has 0 aliphatic rings. The van der Waals surface area contributed by atoms with E-state index < -0.39 is 6.03 Å². The van der Waals surface area contributed by atoms with Gasteiger partial charge in [-0.05, 0) is 36.4 Å². The number of hydrazine groups is 2. The first-order chi connectivity index (χ1) is 13.0. The topological polar surface area (TPSA) is 111 Å². The zero-order valence-electron chi connectivity index (χ0n) is 14.0. The molecule has 0 atom stereocenters. The van der Waals surface area contributed by atoms with Crippen LogP contribution in [0.5, 0.6) is 5.88 Å². The molecule has 0 bridgehead atoms. The average Bonchev–Trinajstić information content (AvgIpc) is 3.15. The molecule has 5 N–H and O–H groups in total. The van der Waals surface area contributed by atoms with E-state index in [9.17, 15) is 4.79 Å². The maximum absolute atomic E-state index is 11.7. The van der Waals surface area contributed by atoms with E-state index in [0.29, 0.717) is 27.2 Å².